The van der Waals surface area contributed by atoms with Gasteiger partial charge in [0, 0.05) is 30.7 Å². The minimum Gasteiger partial charge on any atom is -0.543 e. The highest BCUT2D eigenvalue weighted by atomic mass is 32.2. The summed E-state index contributed by atoms with van der Waals surface area (Å²) in [7, 11) is 2.11. The van der Waals surface area contributed by atoms with Gasteiger partial charge in [0.05, 0.1) is 31.8 Å². The number of likely N-dealkylation sites (N-methyl/N-ethyl adjacent to an activating group) is 1. The van der Waals surface area contributed by atoms with Crippen molar-refractivity contribution >= 4 is 30.0 Å². The van der Waals surface area contributed by atoms with Gasteiger partial charge in [-0.2, -0.15) is 0 Å². The van der Waals surface area contributed by atoms with Crippen molar-refractivity contribution in [1.82, 2.24) is 10.2 Å². The smallest absolute Gasteiger partial charge is 0.248 e. The summed E-state index contributed by atoms with van der Waals surface area (Å²) in [6.07, 6.45) is 2.69. The van der Waals surface area contributed by atoms with Crippen LogP contribution in [0.2, 0.25) is 0 Å². The molecule has 0 radical (unpaired) electrons. The van der Waals surface area contributed by atoms with Crippen LogP contribution in [0.15, 0.2) is 11.3 Å². The molecule has 2 fully saturated rings. The van der Waals surface area contributed by atoms with Crippen molar-refractivity contribution < 1.29 is 24.0 Å². The van der Waals surface area contributed by atoms with E-state index in [0.29, 0.717) is 24.8 Å². The zero-order valence-corrected chi connectivity index (χ0v) is 15.1. The van der Waals surface area contributed by atoms with Crippen molar-refractivity contribution in [3.8, 4) is 0 Å². The maximum atomic E-state index is 12.0. The number of piperidine rings is 1. The van der Waals surface area contributed by atoms with Gasteiger partial charge in [-0.1, -0.05) is 0 Å². The quantitative estimate of drug-likeness (QED) is 0.313. The lowest BCUT2D eigenvalue weighted by Crippen LogP contribution is -2.69. The van der Waals surface area contributed by atoms with Gasteiger partial charge in [0.25, 0.3) is 0 Å². The summed E-state index contributed by atoms with van der Waals surface area (Å²) >= 11 is 1.53. The van der Waals surface area contributed by atoms with Gasteiger partial charge in [-0.05, 0) is 5.92 Å². The van der Waals surface area contributed by atoms with Gasteiger partial charge in [0.1, 0.15) is 18.0 Å². The van der Waals surface area contributed by atoms with Gasteiger partial charge < -0.3 is 25.4 Å². The number of carbonyl (C=O) groups excluding carboxylic acids is 3. The second-order valence-electron chi connectivity index (χ2n) is 7.37. The van der Waals surface area contributed by atoms with Crippen molar-refractivity contribution in [2.24, 2.45) is 11.7 Å². The van der Waals surface area contributed by atoms with Crippen LogP contribution in [0, 0.1) is 5.92 Å². The van der Waals surface area contributed by atoms with Gasteiger partial charge in [0.15, 0.2) is 0 Å². The SMILES string of the molecule is C[N+]1(CC2=C(C(=O)[O-])N3C(=O)C(N)C3SC2)CCC(CNC=O)CC1. The van der Waals surface area contributed by atoms with E-state index in [1.54, 1.807) is 0 Å². The number of carbonyl (C=O) groups is 3. The molecule has 3 N–H and O–H groups in total. The number of hydrogen-bond donors (Lipinski definition) is 2. The number of nitrogens with two attached hydrogens (primary N) is 1. The molecule has 0 aliphatic carbocycles. The summed E-state index contributed by atoms with van der Waals surface area (Å²) in [5.74, 6) is -0.603. The highest BCUT2D eigenvalue weighted by molar-refractivity contribution is 8.00. The summed E-state index contributed by atoms with van der Waals surface area (Å²) < 4.78 is 0.739. The standard InChI is InChI=1S/C16H24N4O4S/c1-20(4-2-10(3-5-20)6-18-9-21)7-11-8-25-15-12(17)14(22)19(15)13(11)16(23)24/h9-10,12,15H,2-8,17H2,1H3,(H-,18,21,23,24). The number of amides is 2. The first-order chi connectivity index (χ1) is 11.9. The lowest BCUT2D eigenvalue weighted by atomic mass is 9.94. The molecule has 0 aromatic rings. The molecule has 0 aromatic heterocycles. The molecule has 0 bridgehead atoms. The predicted octanol–water partition coefficient (Wildman–Crippen LogP) is -2.16. The maximum absolute atomic E-state index is 12.0. The Kier molecular flexibility index (Phi) is 5.08. The van der Waals surface area contributed by atoms with Gasteiger partial charge in [0.2, 0.25) is 12.3 Å². The Labute approximate surface area is 151 Å². The summed E-state index contributed by atoms with van der Waals surface area (Å²) in [4.78, 5) is 35.4. The molecule has 138 valence electrons. The van der Waals surface area contributed by atoms with E-state index in [1.165, 1.54) is 16.7 Å². The molecule has 2 unspecified atom stereocenters. The fourth-order valence-electron chi connectivity index (χ4n) is 3.97. The van der Waals surface area contributed by atoms with Crippen LogP contribution in [-0.2, 0) is 14.4 Å². The molecule has 25 heavy (non-hydrogen) atoms. The Morgan fingerprint density at radius 2 is 2.16 bits per heavy atom. The Balaban J connectivity index is 1.71. The molecule has 2 amide bonds. The van der Waals surface area contributed by atoms with Crippen molar-refractivity contribution in [3.63, 3.8) is 0 Å². The van der Waals surface area contributed by atoms with Gasteiger partial charge >= 0.3 is 0 Å². The normalized spacial score (nSPS) is 35.0. The van der Waals surface area contributed by atoms with Crippen molar-refractivity contribution in [2.45, 2.75) is 24.3 Å². The van der Waals surface area contributed by atoms with E-state index in [4.69, 9.17) is 5.73 Å². The first kappa shape index (κ1) is 18.2. The third-order valence-electron chi connectivity index (χ3n) is 5.50. The fraction of sp³-hybridized carbons (Fsp3) is 0.688. The van der Waals surface area contributed by atoms with E-state index in [0.717, 1.165) is 42.4 Å². The molecule has 3 aliphatic rings. The number of carboxylic acids is 1. The summed E-state index contributed by atoms with van der Waals surface area (Å²) in [5, 5.41) is 14.1. The largest absolute Gasteiger partial charge is 0.543 e. The Hall–Kier alpha value is -1.58. The minimum atomic E-state index is -1.29. The van der Waals surface area contributed by atoms with Gasteiger partial charge in [-0.15, -0.1) is 11.8 Å². The maximum Gasteiger partial charge on any atom is 0.248 e. The highest BCUT2D eigenvalue weighted by Gasteiger charge is 2.51. The summed E-state index contributed by atoms with van der Waals surface area (Å²) in [6.45, 7) is 3.11. The number of β-lactam (4-membered cyclic amide) rings is 1. The molecule has 0 spiro atoms. The van der Waals surface area contributed by atoms with Crippen LogP contribution in [0.25, 0.3) is 0 Å². The first-order valence-corrected chi connectivity index (χ1v) is 9.55. The number of nitrogens with zero attached hydrogens (tertiary/aromatic N) is 2. The first-order valence-electron chi connectivity index (χ1n) is 8.50. The fourth-order valence-corrected chi connectivity index (χ4v) is 5.25. The lowest BCUT2D eigenvalue weighted by molar-refractivity contribution is -0.910. The van der Waals surface area contributed by atoms with Crippen LogP contribution >= 0.6 is 11.8 Å². The number of likely N-dealkylation sites (tertiary alicyclic amines) is 1. The molecular weight excluding hydrogens is 344 g/mol. The molecule has 9 heteroatoms. The van der Waals surface area contributed by atoms with E-state index in [2.05, 4.69) is 12.4 Å². The predicted molar refractivity (Wildman–Crippen MR) is 90.7 cm³/mol. The average molecular weight is 368 g/mol. The Morgan fingerprint density at radius 1 is 1.48 bits per heavy atom. The van der Waals surface area contributed by atoms with E-state index in [9.17, 15) is 19.5 Å². The Morgan fingerprint density at radius 3 is 2.76 bits per heavy atom. The second kappa shape index (κ2) is 6.97. The average Bonchev–Trinajstić information content (AvgIpc) is 2.59. The number of aliphatic carboxylic acids is 1. The van der Waals surface area contributed by atoms with Crippen LogP contribution in [0.3, 0.4) is 0 Å². The topological polar surface area (TPSA) is 116 Å². The molecule has 3 heterocycles. The molecule has 8 nitrogen and oxygen atoms in total. The van der Waals surface area contributed by atoms with Crippen molar-refractivity contribution in [3.05, 3.63) is 11.3 Å². The van der Waals surface area contributed by atoms with Crippen LogP contribution < -0.4 is 16.2 Å². The number of fused-ring (bicyclic) bond motifs is 1. The van der Waals surface area contributed by atoms with Gasteiger partial charge in [-0.25, -0.2) is 0 Å². The van der Waals surface area contributed by atoms with Crippen LogP contribution in [0.1, 0.15) is 12.8 Å². The van der Waals surface area contributed by atoms with Crippen molar-refractivity contribution in [2.75, 3.05) is 39.0 Å². The third-order valence-corrected chi connectivity index (χ3v) is 6.86. The monoisotopic (exact) mass is 368 g/mol. The summed E-state index contributed by atoms with van der Waals surface area (Å²) in [5.41, 5.74) is 6.55. The lowest BCUT2D eigenvalue weighted by Gasteiger charge is -2.50. The van der Waals surface area contributed by atoms with Crippen LogP contribution in [0.5, 0.6) is 0 Å². The van der Waals surface area contributed by atoms with E-state index in [1.807, 2.05) is 0 Å². The van der Waals surface area contributed by atoms with Gasteiger partial charge in [-0.3, -0.25) is 14.5 Å². The molecule has 0 aromatic carbocycles. The highest BCUT2D eigenvalue weighted by Crippen LogP contribution is 2.40. The molecule has 3 rings (SSSR count). The zero-order valence-electron chi connectivity index (χ0n) is 14.3. The molecule has 2 saturated heterocycles. The summed E-state index contributed by atoms with van der Waals surface area (Å²) in [6, 6.07) is -0.619. The number of nitrogens with one attached hydrogen (secondary N) is 1. The van der Waals surface area contributed by atoms with Crippen LogP contribution in [-0.4, -0.2) is 78.1 Å². The van der Waals surface area contributed by atoms with Crippen molar-refractivity contribution in [1.29, 1.82) is 0 Å². The second-order valence-corrected chi connectivity index (χ2v) is 8.47. The van der Waals surface area contributed by atoms with E-state index in [-0.39, 0.29) is 17.0 Å². The minimum absolute atomic E-state index is 0.0274. The third kappa shape index (κ3) is 3.40. The van der Waals surface area contributed by atoms with E-state index >= 15 is 0 Å². The molecule has 0 saturated carbocycles. The number of carboxylic acid groups (broad SMARTS) is 1. The molecule has 3 aliphatic heterocycles. The number of thioether (sulfide) groups is 1. The van der Waals surface area contributed by atoms with E-state index < -0.39 is 12.0 Å². The van der Waals surface area contributed by atoms with Crippen LogP contribution in [0.4, 0.5) is 0 Å². The number of hydrogen-bond acceptors (Lipinski definition) is 6. The molecule has 2 atom stereocenters. The zero-order chi connectivity index (χ0) is 18.2. The number of rotatable bonds is 6. The molecular formula is C16H24N4O4S. The number of quaternary nitrogens is 1. The Bertz CT molecular complexity index is 615.